The van der Waals surface area contributed by atoms with Gasteiger partial charge in [0.2, 0.25) is 6.08 Å². The van der Waals surface area contributed by atoms with Gasteiger partial charge in [-0.1, -0.05) is 26.2 Å². The number of carbonyl (C=O) groups excluding carboxylic acids is 1. The van der Waals surface area contributed by atoms with E-state index < -0.39 is 0 Å². The molecule has 0 aromatic heterocycles. The maximum absolute atomic E-state index is 10.0. The molecular weight excluding hydrogens is 166 g/mol. The van der Waals surface area contributed by atoms with E-state index in [1.165, 1.54) is 19.3 Å². The summed E-state index contributed by atoms with van der Waals surface area (Å²) >= 11 is 0. The van der Waals surface area contributed by atoms with E-state index in [9.17, 15) is 4.79 Å². The summed E-state index contributed by atoms with van der Waals surface area (Å²) in [6.07, 6.45) is 6.84. The van der Waals surface area contributed by atoms with Gasteiger partial charge in [-0.25, -0.2) is 4.79 Å². The van der Waals surface area contributed by atoms with Crippen LogP contribution >= 0.6 is 0 Å². The van der Waals surface area contributed by atoms with Crippen LogP contribution in [-0.4, -0.2) is 18.9 Å². The first-order valence-electron chi connectivity index (χ1n) is 5.03. The fourth-order valence-electron chi connectivity index (χ4n) is 1.18. The molecule has 1 atom stereocenters. The Bertz CT molecular complexity index is 153. The Morgan fingerprint density at radius 3 is 2.62 bits per heavy atom. The molecule has 0 fully saturated rings. The Labute approximate surface area is 80.2 Å². The van der Waals surface area contributed by atoms with E-state index in [1.807, 2.05) is 6.92 Å². The number of rotatable bonds is 8. The van der Waals surface area contributed by atoms with E-state index in [0.29, 0.717) is 6.61 Å². The molecule has 0 aliphatic rings. The number of hydrogen-bond donors (Lipinski definition) is 0. The average Bonchev–Trinajstić information content (AvgIpc) is 2.13. The van der Waals surface area contributed by atoms with E-state index in [0.717, 1.165) is 12.8 Å². The molecule has 0 saturated heterocycles. The molecule has 0 aliphatic heterocycles. The Morgan fingerprint density at radius 1 is 1.31 bits per heavy atom. The van der Waals surface area contributed by atoms with Crippen LogP contribution in [0.1, 0.15) is 46.0 Å². The summed E-state index contributed by atoms with van der Waals surface area (Å²) in [7, 11) is 0. The summed E-state index contributed by atoms with van der Waals surface area (Å²) in [4.78, 5) is 13.6. The second kappa shape index (κ2) is 9.43. The number of aliphatic imine (C=N–C) groups is 1. The van der Waals surface area contributed by atoms with Crippen molar-refractivity contribution in [3.63, 3.8) is 0 Å². The van der Waals surface area contributed by atoms with Gasteiger partial charge in [0, 0.05) is 6.61 Å². The lowest BCUT2D eigenvalue weighted by Crippen LogP contribution is -2.09. The van der Waals surface area contributed by atoms with Gasteiger partial charge >= 0.3 is 0 Å². The van der Waals surface area contributed by atoms with Crippen molar-refractivity contribution in [3.05, 3.63) is 0 Å². The van der Waals surface area contributed by atoms with Crippen molar-refractivity contribution in [1.82, 2.24) is 0 Å². The Balaban J connectivity index is 3.50. The molecule has 3 nitrogen and oxygen atoms in total. The molecule has 0 radical (unpaired) electrons. The van der Waals surface area contributed by atoms with Gasteiger partial charge in [0.15, 0.2) is 6.23 Å². The largest absolute Gasteiger partial charge is 0.356 e. The number of isocyanates is 1. The van der Waals surface area contributed by atoms with Crippen molar-refractivity contribution < 1.29 is 9.53 Å². The van der Waals surface area contributed by atoms with Crippen molar-refractivity contribution in [2.24, 2.45) is 4.99 Å². The third kappa shape index (κ3) is 7.69. The highest BCUT2D eigenvalue weighted by Gasteiger charge is 2.04. The highest BCUT2D eigenvalue weighted by atomic mass is 16.5. The fraction of sp³-hybridized carbons (Fsp3) is 0.900. The van der Waals surface area contributed by atoms with Gasteiger partial charge < -0.3 is 4.74 Å². The van der Waals surface area contributed by atoms with Crippen LogP contribution in [0.5, 0.6) is 0 Å². The minimum atomic E-state index is -0.264. The summed E-state index contributed by atoms with van der Waals surface area (Å²) < 4.78 is 5.23. The molecular formula is C10H19NO2. The van der Waals surface area contributed by atoms with E-state index in [2.05, 4.69) is 11.9 Å². The highest BCUT2D eigenvalue weighted by molar-refractivity contribution is 5.33. The Kier molecular flexibility index (Phi) is 8.95. The third-order valence-electron chi connectivity index (χ3n) is 1.86. The molecule has 0 aromatic rings. The first-order chi connectivity index (χ1) is 6.35. The predicted molar refractivity (Wildman–Crippen MR) is 52.3 cm³/mol. The summed E-state index contributed by atoms with van der Waals surface area (Å²) in [5.41, 5.74) is 0. The van der Waals surface area contributed by atoms with E-state index in [1.54, 1.807) is 6.08 Å². The van der Waals surface area contributed by atoms with Gasteiger partial charge in [-0.3, -0.25) is 0 Å². The normalized spacial score (nSPS) is 12.2. The minimum absolute atomic E-state index is 0.264. The summed E-state index contributed by atoms with van der Waals surface area (Å²) in [6.45, 7) is 4.67. The van der Waals surface area contributed by atoms with Crippen molar-refractivity contribution in [3.8, 4) is 0 Å². The smallest absolute Gasteiger partial charge is 0.237 e. The number of unbranched alkanes of at least 4 members (excludes halogenated alkanes) is 3. The monoisotopic (exact) mass is 185 g/mol. The molecule has 3 heteroatoms. The number of hydrogen-bond acceptors (Lipinski definition) is 3. The second-order valence-electron chi connectivity index (χ2n) is 2.98. The van der Waals surface area contributed by atoms with Crippen molar-refractivity contribution >= 4 is 6.08 Å². The molecule has 0 N–H and O–H groups in total. The lowest BCUT2D eigenvalue weighted by atomic mass is 10.1. The summed E-state index contributed by atoms with van der Waals surface area (Å²) in [5.74, 6) is 0. The maximum Gasteiger partial charge on any atom is 0.237 e. The molecule has 0 saturated carbocycles. The standard InChI is InChI=1S/C10H19NO2/c1-3-5-6-7-8-10(11-9-12)13-4-2/h10H,3-8H2,1-2H3. The Morgan fingerprint density at radius 2 is 2.08 bits per heavy atom. The van der Waals surface area contributed by atoms with Crippen LogP contribution in [-0.2, 0) is 9.53 Å². The lowest BCUT2D eigenvalue weighted by molar-refractivity contribution is 0.0615. The molecule has 0 aromatic carbocycles. The van der Waals surface area contributed by atoms with Crippen LogP contribution in [0.3, 0.4) is 0 Å². The summed E-state index contributed by atoms with van der Waals surface area (Å²) in [5, 5.41) is 0. The molecule has 0 spiro atoms. The number of nitrogens with zero attached hydrogens (tertiary/aromatic N) is 1. The summed E-state index contributed by atoms with van der Waals surface area (Å²) in [6, 6.07) is 0. The molecule has 0 bridgehead atoms. The number of ether oxygens (including phenoxy) is 1. The average molecular weight is 185 g/mol. The molecule has 1 unspecified atom stereocenters. The molecule has 0 amide bonds. The van der Waals surface area contributed by atoms with Crippen LogP contribution in [0.4, 0.5) is 0 Å². The van der Waals surface area contributed by atoms with Crippen molar-refractivity contribution in [2.75, 3.05) is 6.61 Å². The van der Waals surface area contributed by atoms with Gasteiger partial charge in [0.05, 0.1) is 0 Å². The SMILES string of the molecule is CCCCCCC(N=C=O)OCC. The van der Waals surface area contributed by atoms with Gasteiger partial charge in [-0.15, -0.1) is 0 Å². The Hall–Kier alpha value is -0.660. The van der Waals surface area contributed by atoms with Gasteiger partial charge in [-0.05, 0) is 19.8 Å². The van der Waals surface area contributed by atoms with Gasteiger partial charge in [0.1, 0.15) is 0 Å². The molecule has 76 valence electrons. The maximum atomic E-state index is 10.0. The van der Waals surface area contributed by atoms with Crippen molar-refractivity contribution in [1.29, 1.82) is 0 Å². The molecule has 0 heterocycles. The quantitative estimate of drug-likeness (QED) is 0.331. The molecule has 0 rings (SSSR count). The minimum Gasteiger partial charge on any atom is -0.356 e. The zero-order valence-corrected chi connectivity index (χ0v) is 8.58. The zero-order chi connectivity index (χ0) is 9.94. The van der Waals surface area contributed by atoms with Crippen LogP contribution in [0.15, 0.2) is 4.99 Å². The van der Waals surface area contributed by atoms with E-state index in [4.69, 9.17) is 4.74 Å². The van der Waals surface area contributed by atoms with Crippen LogP contribution in [0.25, 0.3) is 0 Å². The fourth-order valence-corrected chi connectivity index (χ4v) is 1.18. The lowest BCUT2D eigenvalue weighted by Gasteiger charge is -2.09. The van der Waals surface area contributed by atoms with Crippen molar-refractivity contribution in [2.45, 2.75) is 52.2 Å². The molecule has 13 heavy (non-hydrogen) atoms. The van der Waals surface area contributed by atoms with E-state index in [-0.39, 0.29) is 6.23 Å². The van der Waals surface area contributed by atoms with E-state index >= 15 is 0 Å². The first-order valence-corrected chi connectivity index (χ1v) is 5.03. The second-order valence-corrected chi connectivity index (χ2v) is 2.98. The zero-order valence-electron chi connectivity index (χ0n) is 8.58. The molecule has 0 aliphatic carbocycles. The van der Waals surface area contributed by atoms with Gasteiger partial charge in [0.25, 0.3) is 0 Å². The topological polar surface area (TPSA) is 38.7 Å². The van der Waals surface area contributed by atoms with Crippen LogP contribution in [0, 0.1) is 0 Å². The highest BCUT2D eigenvalue weighted by Crippen LogP contribution is 2.08. The predicted octanol–water partition coefficient (Wildman–Crippen LogP) is 2.66. The van der Waals surface area contributed by atoms with Crippen LogP contribution in [0.2, 0.25) is 0 Å². The first kappa shape index (κ1) is 12.3. The van der Waals surface area contributed by atoms with Crippen LogP contribution < -0.4 is 0 Å². The van der Waals surface area contributed by atoms with Gasteiger partial charge in [-0.2, -0.15) is 4.99 Å². The third-order valence-corrected chi connectivity index (χ3v) is 1.86.